The monoisotopic (exact) mass is 172 g/mol. The number of carboxylic acid groups (broad SMARTS) is 1. The number of aliphatic carboxylic acids is 1. The molecule has 0 bridgehead atoms. The minimum Gasteiger partial charge on any atom is -0.481 e. The fraction of sp³-hybridized carbons (Fsp3) is 0.875. The molecule has 0 aromatic carbocycles. The molecular weight excluding hydrogens is 156 g/mol. The summed E-state index contributed by atoms with van der Waals surface area (Å²) in [6.07, 6.45) is 2.94. The van der Waals surface area contributed by atoms with Crippen LogP contribution in [0.2, 0.25) is 24.7 Å². The van der Waals surface area contributed by atoms with Crippen molar-refractivity contribution in [3.8, 4) is 0 Å². The van der Waals surface area contributed by atoms with Crippen LogP contribution in [0.4, 0.5) is 0 Å². The van der Waals surface area contributed by atoms with Gasteiger partial charge >= 0.3 is 5.97 Å². The normalized spacial score (nSPS) is 22.5. The molecule has 1 saturated carbocycles. The summed E-state index contributed by atoms with van der Waals surface area (Å²) in [6, 6.07) is 0. The van der Waals surface area contributed by atoms with Crippen LogP contribution >= 0.6 is 0 Å². The topological polar surface area (TPSA) is 37.3 Å². The Hall–Kier alpha value is -0.313. The minimum atomic E-state index is -1.49. The highest BCUT2D eigenvalue weighted by Gasteiger charge is 2.53. The Kier molecular flexibility index (Phi) is 1.87. The van der Waals surface area contributed by atoms with Crippen LogP contribution in [0, 0.1) is 0 Å². The highest BCUT2D eigenvalue weighted by molar-refractivity contribution is 6.82. The summed E-state index contributed by atoms with van der Waals surface area (Å²) in [7, 11) is -1.49. The number of carbonyl (C=O) groups is 1. The Morgan fingerprint density at radius 1 is 1.36 bits per heavy atom. The molecule has 0 radical (unpaired) electrons. The third-order valence-corrected chi connectivity index (χ3v) is 6.64. The summed E-state index contributed by atoms with van der Waals surface area (Å²) in [5, 5.41) is 8.77. The second-order valence-electron chi connectivity index (χ2n) is 4.49. The summed E-state index contributed by atoms with van der Waals surface area (Å²) in [6.45, 7) is 6.46. The molecule has 0 heterocycles. The fourth-order valence-electron chi connectivity index (χ4n) is 1.81. The maximum absolute atomic E-state index is 11.0. The van der Waals surface area contributed by atoms with Crippen LogP contribution in [-0.2, 0) is 4.79 Å². The van der Waals surface area contributed by atoms with E-state index in [0.29, 0.717) is 0 Å². The summed E-state index contributed by atoms with van der Waals surface area (Å²) in [5.41, 5.74) is 0. The molecule has 11 heavy (non-hydrogen) atoms. The van der Waals surface area contributed by atoms with Gasteiger partial charge in [-0.3, -0.25) is 4.79 Å². The molecule has 0 aromatic rings. The number of rotatable bonds is 2. The van der Waals surface area contributed by atoms with Gasteiger partial charge < -0.3 is 5.11 Å². The van der Waals surface area contributed by atoms with Gasteiger partial charge in [-0.15, -0.1) is 0 Å². The van der Waals surface area contributed by atoms with E-state index in [1.54, 1.807) is 0 Å². The first-order chi connectivity index (χ1) is 4.90. The molecule has 0 spiro atoms. The lowest BCUT2D eigenvalue weighted by molar-refractivity contribution is -0.143. The molecule has 64 valence electrons. The van der Waals surface area contributed by atoms with Crippen LogP contribution in [0.1, 0.15) is 19.3 Å². The quantitative estimate of drug-likeness (QED) is 0.649. The van der Waals surface area contributed by atoms with Crippen molar-refractivity contribution in [3.05, 3.63) is 0 Å². The maximum atomic E-state index is 11.0. The average molecular weight is 172 g/mol. The van der Waals surface area contributed by atoms with Gasteiger partial charge in [-0.25, -0.2) is 0 Å². The predicted octanol–water partition coefficient (Wildman–Crippen LogP) is 2.33. The second-order valence-corrected chi connectivity index (χ2v) is 9.95. The Morgan fingerprint density at radius 2 is 1.82 bits per heavy atom. The van der Waals surface area contributed by atoms with Crippen LogP contribution in [0.15, 0.2) is 0 Å². The molecule has 0 saturated heterocycles. The number of hydrogen-bond acceptors (Lipinski definition) is 1. The van der Waals surface area contributed by atoms with Crippen molar-refractivity contribution in [2.24, 2.45) is 0 Å². The molecule has 0 atom stereocenters. The van der Waals surface area contributed by atoms with Crippen LogP contribution in [0.3, 0.4) is 0 Å². The summed E-state index contributed by atoms with van der Waals surface area (Å²) >= 11 is 0. The van der Waals surface area contributed by atoms with Crippen molar-refractivity contribution < 1.29 is 9.90 Å². The Bertz CT molecular complexity index is 177. The average Bonchev–Trinajstić information content (AvgIpc) is 1.52. The van der Waals surface area contributed by atoms with Crippen molar-refractivity contribution in [2.75, 3.05) is 0 Å². The third-order valence-electron chi connectivity index (χ3n) is 3.05. The number of hydrogen-bond donors (Lipinski definition) is 1. The SMILES string of the molecule is C[Si](C)(C)C1(C(=O)O)CCC1. The van der Waals surface area contributed by atoms with E-state index in [0.717, 1.165) is 19.3 Å². The maximum Gasteiger partial charge on any atom is 0.306 e. The molecule has 1 fully saturated rings. The minimum absolute atomic E-state index is 0.285. The van der Waals surface area contributed by atoms with Gasteiger partial charge in [-0.05, 0) is 12.8 Å². The van der Waals surface area contributed by atoms with E-state index in [9.17, 15) is 4.79 Å². The van der Waals surface area contributed by atoms with Gasteiger partial charge in [0, 0.05) is 0 Å². The molecule has 1 rings (SSSR count). The van der Waals surface area contributed by atoms with E-state index >= 15 is 0 Å². The molecule has 0 amide bonds. The first-order valence-electron chi connectivity index (χ1n) is 4.13. The molecule has 1 aliphatic rings. The van der Waals surface area contributed by atoms with Gasteiger partial charge in [0.05, 0.1) is 13.1 Å². The summed E-state index contributed by atoms with van der Waals surface area (Å²) < 4.78 is 0. The molecule has 0 aliphatic heterocycles. The second kappa shape index (κ2) is 2.34. The van der Waals surface area contributed by atoms with E-state index in [4.69, 9.17) is 5.11 Å². The lowest BCUT2D eigenvalue weighted by Crippen LogP contribution is -2.49. The molecule has 1 N–H and O–H groups in total. The van der Waals surface area contributed by atoms with Gasteiger partial charge in [0.25, 0.3) is 0 Å². The van der Waals surface area contributed by atoms with E-state index in [1.807, 2.05) is 0 Å². The highest BCUT2D eigenvalue weighted by Crippen LogP contribution is 2.55. The van der Waals surface area contributed by atoms with Gasteiger partial charge in [-0.1, -0.05) is 26.1 Å². The molecule has 1 aliphatic carbocycles. The van der Waals surface area contributed by atoms with Crippen molar-refractivity contribution in [3.63, 3.8) is 0 Å². The van der Waals surface area contributed by atoms with Crippen LogP contribution in [0.5, 0.6) is 0 Å². The molecule has 0 unspecified atom stereocenters. The Balaban J connectivity index is 2.85. The third kappa shape index (κ3) is 1.11. The predicted molar refractivity (Wildman–Crippen MR) is 47.5 cm³/mol. The van der Waals surface area contributed by atoms with Crippen molar-refractivity contribution in [1.82, 2.24) is 0 Å². The Labute approximate surface area is 68.6 Å². The smallest absolute Gasteiger partial charge is 0.306 e. The zero-order valence-corrected chi connectivity index (χ0v) is 8.48. The lowest BCUT2D eigenvalue weighted by atomic mass is 9.84. The molecule has 2 nitrogen and oxygen atoms in total. The van der Waals surface area contributed by atoms with E-state index in [-0.39, 0.29) is 5.04 Å². The van der Waals surface area contributed by atoms with Crippen LogP contribution in [0.25, 0.3) is 0 Å². The van der Waals surface area contributed by atoms with Crippen molar-refractivity contribution >= 4 is 14.0 Å². The molecule has 3 heteroatoms. The lowest BCUT2D eigenvalue weighted by Gasteiger charge is -2.46. The summed E-state index contributed by atoms with van der Waals surface area (Å²) in [5.74, 6) is -0.553. The van der Waals surface area contributed by atoms with Crippen LogP contribution < -0.4 is 0 Å². The van der Waals surface area contributed by atoms with Crippen LogP contribution in [-0.4, -0.2) is 19.1 Å². The standard InChI is InChI=1S/C8H16O2Si/c1-11(2,3)8(7(9)10)5-4-6-8/h4-6H2,1-3H3,(H,9,10). The number of carboxylic acids is 1. The highest BCUT2D eigenvalue weighted by atomic mass is 28.3. The Morgan fingerprint density at radius 3 is 1.82 bits per heavy atom. The van der Waals surface area contributed by atoms with Crippen molar-refractivity contribution in [1.29, 1.82) is 0 Å². The zero-order chi connectivity index (χ0) is 8.70. The van der Waals surface area contributed by atoms with Gasteiger partial charge in [-0.2, -0.15) is 0 Å². The molecular formula is C8H16O2Si. The van der Waals surface area contributed by atoms with Gasteiger partial charge in [0.2, 0.25) is 0 Å². The van der Waals surface area contributed by atoms with E-state index in [2.05, 4.69) is 19.6 Å². The molecule has 0 aromatic heterocycles. The zero-order valence-electron chi connectivity index (χ0n) is 7.48. The van der Waals surface area contributed by atoms with Gasteiger partial charge in [0.1, 0.15) is 0 Å². The van der Waals surface area contributed by atoms with E-state index < -0.39 is 14.0 Å². The summed E-state index contributed by atoms with van der Waals surface area (Å²) in [4.78, 5) is 11.0. The first kappa shape index (κ1) is 8.78. The van der Waals surface area contributed by atoms with E-state index in [1.165, 1.54) is 0 Å². The largest absolute Gasteiger partial charge is 0.481 e. The first-order valence-corrected chi connectivity index (χ1v) is 7.63. The fourth-order valence-corrected chi connectivity index (χ4v) is 4.31. The van der Waals surface area contributed by atoms with Crippen molar-refractivity contribution in [2.45, 2.75) is 43.9 Å². The van der Waals surface area contributed by atoms with Gasteiger partial charge in [0.15, 0.2) is 0 Å².